The third-order valence-electron chi connectivity index (χ3n) is 7.05. The summed E-state index contributed by atoms with van der Waals surface area (Å²) in [7, 11) is 0. The molecule has 2 aromatic carbocycles. The van der Waals surface area contributed by atoms with Gasteiger partial charge in [-0.25, -0.2) is 0 Å². The van der Waals surface area contributed by atoms with Crippen molar-refractivity contribution in [3.63, 3.8) is 0 Å². The first-order chi connectivity index (χ1) is 16.5. The Morgan fingerprint density at radius 3 is 2.74 bits per heavy atom. The molecule has 3 aromatic rings. The zero-order valence-electron chi connectivity index (χ0n) is 18.4. The summed E-state index contributed by atoms with van der Waals surface area (Å²) >= 11 is 6.26. The van der Waals surface area contributed by atoms with Gasteiger partial charge in [0.05, 0.1) is 11.1 Å². The number of ketones is 1. The molecule has 0 amide bonds. The molecule has 0 radical (unpaired) electrons. The number of allylic oxidation sites excluding steroid dienone is 1. The molecule has 34 heavy (non-hydrogen) atoms. The van der Waals surface area contributed by atoms with E-state index in [1.54, 1.807) is 30.3 Å². The molecule has 2 atom stereocenters. The predicted molar refractivity (Wildman–Crippen MR) is 129 cm³/mol. The lowest BCUT2D eigenvalue weighted by molar-refractivity contribution is 0.101. The first-order valence-electron chi connectivity index (χ1n) is 11.4. The number of fused-ring (bicyclic) bond motifs is 5. The van der Waals surface area contributed by atoms with Gasteiger partial charge in [0.1, 0.15) is 11.5 Å². The number of carbonyl (C=O) groups excluding carboxylic acids is 1. The molecule has 4 heterocycles. The first kappa shape index (κ1) is 21.2. The minimum atomic E-state index is -0.222. The van der Waals surface area contributed by atoms with E-state index in [-0.39, 0.29) is 28.8 Å². The molecular weight excluding hydrogens is 452 g/mol. The normalized spacial score (nSPS) is 22.4. The van der Waals surface area contributed by atoms with Crippen LogP contribution in [0.1, 0.15) is 39.5 Å². The van der Waals surface area contributed by atoms with E-state index >= 15 is 0 Å². The number of nitrogens with zero attached hydrogens (tertiary/aromatic N) is 2. The number of hydrogen-bond acceptors (Lipinski definition) is 5. The summed E-state index contributed by atoms with van der Waals surface area (Å²) in [4.78, 5) is 27.6. The van der Waals surface area contributed by atoms with Crippen molar-refractivity contribution in [2.75, 3.05) is 13.1 Å². The molecule has 7 heteroatoms. The minimum Gasteiger partial charge on any atom is -0.507 e. The van der Waals surface area contributed by atoms with Gasteiger partial charge < -0.3 is 14.4 Å². The average Bonchev–Trinajstić information content (AvgIpc) is 3.13. The third-order valence-corrected chi connectivity index (χ3v) is 7.39. The van der Waals surface area contributed by atoms with E-state index in [0.29, 0.717) is 46.5 Å². The second kappa shape index (κ2) is 8.15. The monoisotopic (exact) mass is 474 g/mol. The van der Waals surface area contributed by atoms with Crippen LogP contribution >= 0.6 is 11.6 Å². The molecule has 1 aromatic heterocycles. The van der Waals surface area contributed by atoms with E-state index in [2.05, 4.69) is 4.90 Å². The maximum absolute atomic E-state index is 13.0. The molecule has 0 spiro atoms. The van der Waals surface area contributed by atoms with E-state index in [1.165, 1.54) is 0 Å². The van der Waals surface area contributed by atoms with E-state index < -0.39 is 0 Å². The van der Waals surface area contributed by atoms with Gasteiger partial charge >= 0.3 is 0 Å². The van der Waals surface area contributed by atoms with Gasteiger partial charge in [-0.1, -0.05) is 35.9 Å². The number of phenolic OH excluding ortho intramolecular Hbond substituents is 1. The highest BCUT2D eigenvalue weighted by atomic mass is 35.5. The number of likely N-dealkylation sites (tertiary alicyclic amines) is 1. The average molecular weight is 475 g/mol. The standard InChI is InChI=1S/C27H23ClN2O4/c28-21-5-2-1-4-17(21)11-24-26(33)19-8-9-23(31)20(27(19)34-24)15-29-12-16-10-18(14-29)22-6-3-7-25(32)30(22)13-16/h1-9,11,16,18,31H,10,12-15H2/b24-11-/t16-,18+/m1/s1. The quantitative estimate of drug-likeness (QED) is 0.568. The summed E-state index contributed by atoms with van der Waals surface area (Å²) < 4.78 is 7.92. The van der Waals surface area contributed by atoms with Crippen molar-refractivity contribution >= 4 is 23.5 Å². The maximum Gasteiger partial charge on any atom is 0.250 e. The molecule has 0 saturated carbocycles. The number of Topliss-reactive ketones (excluding diaryl/α,β-unsaturated/α-hetero) is 1. The summed E-state index contributed by atoms with van der Waals surface area (Å²) in [5, 5.41) is 11.2. The van der Waals surface area contributed by atoms with Crippen molar-refractivity contribution in [3.8, 4) is 11.5 Å². The van der Waals surface area contributed by atoms with Crippen LogP contribution in [0, 0.1) is 5.92 Å². The number of carbonyl (C=O) groups is 1. The molecule has 1 N–H and O–H groups in total. The topological polar surface area (TPSA) is 71.8 Å². The van der Waals surface area contributed by atoms with Crippen molar-refractivity contribution in [1.82, 2.24) is 9.47 Å². The van der Waals surface area contributed by atoms with E-state index in [4.69, 9.17) is 16.3 Å². The Morgan fingerprint density at radius 2 is 1.88 bits per heavy atom. The fraction of sp³-hybridized carbons (Fsp3) is 0.259. The second-order valence-electron chi connectivity index (χ2n) is 9.29. The van der Waals surface area contributed by atoms with Crippen LogP contribution in [0.3, 0.4) is 0 Å². The molecule has 172 valence electrons. The van der Waals surface area contributed by atoms with Crippen LogP contribution in [0.2, 0.25) is 5.02 Å². The van der Waals surface area contributed by atoms with Gasteiger partial charge in [-0.05, 0) is 48.2 Å². The zero-order valence-corrected chi connectivity index (χ0v) is 19.2. The highest BCUT2D eigenvalue weighted by molar-refractivity contribution is 6.32. The molecule has 2 bridgehead atoms. The summed E-state index contributed by atoms with van der Waals surface area (Å²) in [6, 6.07) is 15.9. The van der Waals surface area contributed by atoms with Gasteiger partial charge in [-0.3, -0.25) is 14.5 Å². The van der Waals surface area contributed by atoms with Crippen molar-refractivity contribution in [3.05, 3.63) is 98.1 Å². The minimum absolute atomic E-state index is 0.0592. The molecular formula is C27H23ClN2O4. The SMILES string of the molecule is O=C1/C(=C/c2ccccc2Cl)Oc2c1ccc(O)c2CN1C[C@H]2C[C@@H](C1)c1cccc(=O)n1C2. The molecule has 6 rings (SSSR count). The number of aromatic hydroxyl groups is 1. The summed E-state index contributed by atoms with van der Waals surface area (Å²) in [5.41, 5.74) is 2.89. The molecule has 1 saturated heterocycles. The van der Waals surface area contributed by atoms with Crippen LogP contribution in [0.4, 0.5) is 0 Å². The Labute approximate surface area is 201 Å². The number of phenols is 1. The molecule has 3 aliphatic heterocycles. The summed E-state index contributed by atoms with van der Waals surface area (Å²) in [6.07, 6.45) is 2.70. The summed E-state index contributed by atoms with van der Waals surface area (Å²) in [6.45, 7) is 2.77. The lowest BCUT2D eigenvalue weighted by Gasteiger charge is -2.42. The first-order valence-corrected chi connectivity index (χ1v) is 11.8. The fourth-order valence-electron chi connectivity index (χ4n) is 5.53. The Morgan fingerprint density at radius 1 is 1.03 bits per heavy atom. The van der Waals surface area contributed by atoms with Crippen LogP contribution in [0.25, 0.3) is 6.08 Å². The smallest absolute Gasteiger partial charge is 0.250 e. The van der Waals surface area contributed by atoms with Gasteiger partial charge in [0, 0.05) is 48.9 Å². The van der Waals surface area contributed by atoms with Crippen LogP contribution in [-0.4, -0.2) is 33.4 Å². The third kappa shape index (κ3) is 3.54. The Bertz CT molecular complexity index is 1410. The molecule has 3 aliphatic rings. The van der Waals surface area contributed by atoms with Crippen molar-refractivity contribution in [2.45, 2.75) is 25.4 Å². The van der Waals surface area contributed by atoms with Crippen molar-refractivity contribution in [2.24, 2.45) is 5.92 Å². The molecule has 1 fully saturated rings. The number of rotatable bonds is 3. The van der Waals surface area contributed by atoms with Crippen LogP contribution in [0.5, 0.6) is 11.5 Å². The number of hydrogen-bond donors (Lipinski definition) is 1. The molecule has 0 aliphatic carbocycles. The van der Waals surface area contributed by atoms with Crippen LogP contribution in [-0.2, 0) is 13.1 Å². The van der Waals surface area contributed by atoms with Crippen molar-refractivity contribution in [1.29, 1.82) is 0 Å². The lowest BCUT2D eigenvalue weighted by atomic mass is 9.83. The Hall–Kier alpha value is -3.35. The van der Waals surface area contributed by atoms with Crippen LogP contribution < -0.4 is 10.3 Å². The number of pyridine rings is 1. The van der Waals surface area contributed by atoms with E-state index in [0.717, 1.165) is 25.2 Å². The Balaban J connectivity index is 1.29. The van der Waals surface area contributed by atoms with Crippen molar-refractivity contribution < 1.29 is 14.6 Å². The van der Waals surface area contributed by atoms with Gasteiger partial charge in [-0.2, -0.15) is 0 Å². The number of halogens is 1. The predicted octanol–water partition coefficient (Wildman–Crippen LogP) is 4.44. The van der Waals surface area contributed by atoms with Gasteiger partial charge in [0.2, 0.25) is 5.78 Å². The van der Waals surface area contributed by atoms with E-state index in [1.807, 2.05) is 34.9 Å². The highest BCUT2D eigenvalue weighted by Gasteiger charge is 2.36. The fourth-order valence-corrected chi connectivity index (χ4v) is 5.72. The van der Waals surface area contributed by atoms with Gasteiger partial charge in [0.25, 0.3) is 5.56 Å². The van der Waals surface area contributed by atoms with E-state index in [9.17, 15) is 14.7 Å². The highest BCUT2D eigenvalue weighted by Crippen LogP contribution is 2.42. The number of ether oxygens (including phenoxy) is 1. The number of piperidine rings is 1. The Kier molecular flexibility index (Phi) is 5.08. The van der Waals surface area contributed by atoms with Gasteiger partial charge in [0.15, 0.2) is 5.76 Å². The van der Waals surface area contributed by atoms with Gasteiger partial charge in [-0.15, -0.1) is 0 Å². The second-order valence-corrected chi connectivity index (χ2v) is 9.70. The molecule has 6 nitrogen and oxygen atoms in total. The zero-order chi connectivity index (χ0) is 23.4. The van der Waals surface area contributed by atoms with Crippen LogP contribution in [0.15, 0.2) is 65.2 Å². The number of benzene rings is 2. The lowest BCUT2D eigenvalue weighted by Crippen LogP contribution is -2.46. The summed E-state index contributed by atoms with van der Waals surface area (Å²) in [5.74, 6) is 1.12. The molecule has 0 unspecified atom stereocenters. The number of aromatic nitrogens is 1. The largest absolute Gasteiger partial charge is 0.507 e. The maximum atomic E-state index is 13.0.